The quantitative estimate of drug-likeness (QED) is 0.0263. The minimum Gasteiger partial charge on any atom is -0.462 e. The molecule has 0 saturated heterocycles. The Balaban J connectivity index is 4.30. The molecular formula is C55H94O6. The second-order valence-electron chi connectivity index (χ2n) is 16.7. The summed E-state index contributed by atoms with van der Waals surface area (Å²) >= 11 is 0. The number of hydrogen-bond acceptors (Lipinski definition) is 6. The molecule has 0 amide bonds. The number of carbonyl (C=O) groups is 3. The van der Waals surface area contributed by atoms with E-state index in [0.717, 1.165) is 103 Å². The highest BCUT2D eigenvalue weighted by atomic mass is 16.6. The third-order valence-electron chi connectivity index (χ3n) is 10.7. The summed E-state index contributed by atoms with van der Waals surface area (Å²) in [4.78, 5) is 37.8. The summed E-state index contributed by atoms with van der Waals surface area (Å²) in [5, 5.41) is 0. The van der Waals surface area contributed by atoms with Crippen molar-refractivity contribution in [1.29, 1.82) is 0 Å². The van der Waals surface area contributed by atoms with E-state index in [4.69, 9.17) is 14.2 Å². The highest BCUT2D eigenvalue weighted by Gasteiger charge is 2.19. The van der Waals surface area contributed by atoms with Gasteiger partial charge in [0.15, 0.2) is 6.10 Å². The van der Waals surface area contributed by atoms with Crippen molar-refractivity contribution in [3.8, 4) is 0 Å². The zero-order valence-corrected chi connectivity index (χ0v) is 39.9. The van der Waals surface area contributed by atoms with Crippen molar-refractivity contribution in [2.75, 3.05) is 13.2 Å². The van der Waals surface area contributed by atoms with Crippen molar-refractivity contribution < 1.29 is 28.6 Å². The molecular weight excluding hydrogens is 757 g/mol. The van der Waals surface area contributed by atoms with Crippen LogP contribution < -0.4 is 0 Å². The lowest BCUT2D eigenvalue weighted by atomic mass is 10.1. The number of rotatable bonds is 45. The maximum Gasteiger partial charge on any atom is 0.306 e. The number of unbranched alkanes of at least 4 members (excludes halogenated alkanes) is 22. The minimum atomic E-state index is -0.786. The van der Waals surface area contributed by atoms with Crippen LogP contribution in [0.25, 0.3) is 0 Å². The molecule has 61 heavy (non-hydrogen) atoms. The average Bonchev–Trinajstić information content (AvgIpc) is 3.26. The number of esters is 3. The standard InChI is InChI=1S/C55H94O6/c1-4-7-10-13-16-18-20-22-24-26-27-29-30-32-34-36-39-42-45-48-54(57)60-51-52(50-59-53(56)47-44-41-38-15-12-9-6-3)61-55(58)49-46-43-40-37-35-33-31-28-25-23-21-19-17-14-11-8-5-2/h8,11,16-19,22-25,31,33,52H,4-7,9-10,12-15,20-21,26-30,32,34-51H2,1-3H3/b11-8-,18-16-,19-17-,24-22-,25-23-,33-31-. The monoisotopic (exact) mass is 851 g/mol. The Labute approximate surface area is 376 Å². The lowest BCUT2D eigenvalue weighted by molar-refractivity contribution is -0.167. The summed E-state index contributed by atoms with van der Waals surface area (Å²) in [6.07, 6.45) is 61.8. The van der Waals surface area contributed by atoms with E-state index in [1.165, 1.54) is 96.3 Å². The molecule has 0 radical (unpaired) electrons. The van der Waals surface area contributed by atoms with E-state index in [1.807, 2.05) is 0 Å². The predicted octanol–water partition coefficient (Wildman–Crippen LogP) is 16.6. The highest BCUT2D eigenvalue weighted by Crippen LogP contribution is 2.14. The highest BCUT2D eigenvalue weighted by molar-refractivity contribution is 5.71. The first-order valence-corrected chi connectivity index (χ1v) is 25.4. The molecule has 0 N–H and O–H groups in total. The van der Waals surface area contributed by atoms with E-state index >= 15 is 0 Å². The Kier molecular flexibility index (Phi) is 46.9. The van der Waals surface area contributed by atoms with Gasteiger partial charge in [-0.25, -0.2) is 0 Å². The third-order valence-corrected chi connectivity index (χ3v) is 10.7. The van der Waals surface area contributed by atoms with Gasteiger partial charge in [-0.05, 0) is 89.9 Å². The number of hydrogen-bond donors (Lipinski definition) is 0. The average molecular weight is 851 g/mol. The zero-order chi connectivity index (χ0) is 44.4. The molecule has 0 aliphatic carbocycles. The first-order chi connectivity index (χ1) is 30.0. The van der Waals surface area contributed by atoms with Gasteiger partial charge in [-0.3, -0.25) is 14.4 Å². The topological polar surface area (TPSA) is 78.9 Å². The maximum atomic E-state index is 12.8. The summed E-state index contributed by atoms with van der Waals surface area (Å²) in [6, 6.07) is 0. The van der Waals surface area contributed by atoms with Crippen molar-refractivity contribution in [2.24, 2.45) is 0 Å². The lowest BCUT2D eigenvalue weighted by Gasteiger charge is -2.18. The van der Waals surface area contributed by atoms with Gasteiger partial charge in [-0.15, -0.1) is 0 Å². The molecule has 0 aromatic rings. The minimum absolute atomic E-state index is 0.0865. The largest absolute Gasteiger partial charge is 0.462 e. The van der Waals surface area contributed by atoms with Crippen LogP contribution in [0.5, 0.6) is 0 Å². The Morgan fingerprint density at radius 3 is 1.03 bits per heavy atom. The number of carbonyl (C=O) groups excluding carboxylic acids is 3. The van der Waals surface area contributed by atoms with Gasteiger partial charge >= 0.3 is 17.9 Å². The van der Waals surface area contributed by atoms with Gasteiger partial charge in [0.25, 0.3) is 0 Å². The summed E-state index contributed by atoms with van der Waals surface area (Å²) in [5.74, 6) is -0.921. The summed E-state index contributed by atoms with van der Waals surface area (Å²) in [6.45, 7) is 6.43. The Morgan fingerprint density at radius 2 is 0.639 bits per heavy atom. The van der Waals surface area contributed by atoms with E-state index in [1.54, 1.807) is 0 Å². The maximum absolute atomic E-state index is 12.8. The van der Waals surface area contributed by atoms with Crippen LogP contribution in [0.3, 0.4) is 0 Å². The van der Waals surface area contributed by atoms with Gasteiger partial charge in [0.05, 0.1) is 0 Å². The van der Waals surface area contributed by atoms with Crippen LogP contribution in [0.2, 0.25) is 0 Å². The fraction of sp³-hybridized carbons (Fsp3) is 0.727. The van der Waals surface area contributed by atoms with Gasteiger partial charge < -0.3 is 14.2 Å². The molecule has 0 saturated carbocycles. The molecule has 6 nitrogen and oxygen atoms in total. The molecule has 1 atom stereocenters. The molecule has 0 rings (SSSR count). The molecule has 1 unspecified atom stereocenters. The van der Waals surface area contributed by atoms with Crippen molar-refractivity contribution in [2.45, 2.75) is 245 Å². The molecule has 0 aliphatic heterocycles. The summed E-state index contributed by atoms with van der Waals surface area (Å²) in [7, 11) is 0. The van der Waals surface area contributed by atoms with Gasteiger partial charge in [-0.1, -0.05) is 203 Å². The summed E-state index contributed by atoms with van der Waals surface area (Å²) < 4.78 is 16.7. The van der Waals surface area contributed by atoms with Crippen LogP contribution in [0.1, 0.15) is 239 Å². The van der Waals surface area contributed by atoms with E-state index in [2.05, 4.69) is 93.7 Å². The molecule has 0 aromatic carbocycles. The first kappa shape index (κ1) is 57.9. The number of allylic oxidation sites excluding steroid dienone is 12. The molecule has 0 heterocycles. The smallest absolute Gasteiger partial charge is 0.306 e. The van der Waals surface area contributed by atoms with Gasteiger partial charge in [0.1, 0.15) is 13.2 Å². The van der Waals surface area contributed by atoms with E-state index < -0.39 is 6.10 Å². The molecule has 0 fully saturated rings. The molecule has 6 heteroatoms. The first-order valence-electron chi connectivity index (χ1n) is 25.4. The summed E-state index contributed by atoms with van der Waals surface area (Å²) in [5.41, 5.74) is 0. The van der Waals surface area contributed by atoms with E-state index in [-0.39, 0.29) is 31.1 Å². The Morgan fingerprint density at radius 1 is 0.344 bits per heavy atom. The van der Waals surface area contributed by atoms with Crippen LogP contribution in [0.15, 0.2) is 72.9 Å². The Bertz CT molecular complexity index is 1160. The third kappa shape index (κ3) is 47.7. The lowest BCUT2D eigenvalue weighted by Crippen LogP contribution is -2.30. The molecule has 0 spiro atoms. The van der Waals surface area contributed by atoms with Crippen LogP contribution in [0, 0.1) is 0 Å². The second-order valence-corrected chi connectivity index (χ2v) is 16.7. The fourth-order valence-corrected chi connectivity index (χ4v) is 6.87. The molecule has 0 aliphatic rings. The van der Waals surface area contributed by atoms with Crippen molar-refractivity contribution >= 4 is 17.9 Å². The van der Waals surface area contributed by atoms with Crippen molar-refractivity contribution in [1.82, 2.24) is 0 Å². The fourth-order valence-electron chi connectivity index (χ4n) is 6.87. The van der Waals surface area contributed by atoms with Gasteiger partial charge in [-0.2, -0.15) is 0 Å². The van der Waals surface area contributed by atoms with Crippen LogP contribution in [0.4, 0.5) is 0 Å². The number of ether oxygens (including phenoxy) is 3. The molecule has 350 valence electrons. The normalized spacial score (nSPS) is 12.6. The van der Waals surface area contributed by atoms with Gasteiger partial charge in [0.2, 0.25) is 0 Å². The van der Waals surface area contributed by atoms with Gasteiger partial charge in [0, 0.05) is 19.3 Å². The Hall–Kier alpha value is -3.15. The zero-order valence-electron chi connectivity index (χ0n) is 39.9. The van der Waals surface area contributed by atoms with Crippen molar-refractivity contribution in [3.05, 3.63) is 72.9 Å². The predicted molar refractivity (Wildman–Crippen MR) is 261 cm³/mol. The van der Waals surface area contributed by atoms with E-state index in [9.17, 15) is 14.4 Å². The molecule has 0 bridgehead atoms. The van der Waals surface area contributed by atoms with Crippen LogP contribution >= 0.6 is 0 Å². The van der Waals surface area contributed by atoms with Crippen molar-refractivity contribution in [3.63, 3.8) is 0 Å². The second kappa shape index (κ2) is 49.5. The van der Waals surface area contributed by atoms with Crippen LogP contribution in [-0.2, 0) is 28.6 Å². The molecule has 0 aromatic heterocycles. The van der Waals surface area contributed by atoms with Crippen LogP contribution in [-0.4, -0.2) is 37.2 Å². The SMILES string of the molecule is CC/C=C\C/C=C\C/C=C\C/C=C\CCCCCCC(=O)OC(COC(=O)CCCCCCCCC)COC(=O)CCCCCCCCCCC/C=C\C/C=C\CCCCC. The van der Waals surface area contributed by atoms with E-state index in [0.29, 0.717) is 19.3 Å².